The number of aryl methyl sites for hydroxylation is 3. The Balaban J connectivity index is 0.000000161. The SMILES string of the molecule is CC1(C)OB(c2ccc(CC(=O)Nc3cc(C4(C(F)(F)F)CC4)on3)c(F)c2)OC1(C)C.Cc1cn(C)cc1Cc1ncc(Br)cn1.Cn1cc(Cc2ncc(-c3ccc(CC(=O)Nc4cc(C5(C(F)(F)F)CC5)on4)c(F)c3)cn2)cn1. The molecule has 0 bridgehead atoms. The van der Waals surface area contributed by atoms with E-state index in [-0.39, 0.29) is 72.8 Å². The number of carbonyl (C=O) groups excluding carboxylic acids is 2. The molecule has 0 spiro atoms. The van der Waals surface area contributed by atoms with Crippen molar-refractivity contribution in [2.24, 2.45) is 14.1 Å². The van der Waals surface area contributed by atoms with Gasteiger partial charge < -0.3 is 33.6 Å². The molecule has 1 saturated heterocycles. The minimum Gasteiger partial charge on any atom is -0.399 e. The molecule has 2 saturated carbocycles. The third-order valence-corrected chi connectivity index (χ3v) is 15.3. The Bertz CT molecular complexity index is 3610. The van der Waals surface area contributed by atoms with Crippen molar-refractivity contribution in [3.05, 3.63) is 165 Å². The second-order valence-corrected chi connectivity index (χ2v) is 22.6. The summed E-state index contributed by atoms with van der Waals surface area (Å²) in [7, 11) is 3.11. The van der Waals surface area contributed by atoms with Crippen molar-refractivity contribution in [1.29, 1.82) is 0 Å². The number of alkyl halides is 6. The van der Waals surface area contributed by atoms with Gasteiger partial charge in [0.25, 0.3) is 0 Å². The monoisotopic (exact) mass is 1220 g/mol. The largest absolute Gasteiger partial charge is 0.494 e. The molecule has 0 radical (unpaired) electrons. The van der Waals surface area contributed by atoms with Gasteiger partial charge >= 0.3 is 19.5 Å². The van der Waals surface area contributed by atoms with Crippen LogP contribution in [0.2, 0.25) is 0 Å². The molecule has 27 heteroatoms. The smallest absolute Gasteiger partial charge is 0.399 e. The van der Waals surface area contributed by atoms with E-state index in [2.05, 4.69) is 85.8 Å². The fourth-order valence-electron chi connectivity index (χ4n) is 9.03. The van der Waals surface area contributed by atoms with Crippen molar-refractivity contribution in [3.63, 3.8) is 0 Å². The number of rotatable bonds is 14. The van der Waals surface area contributed by atoms with Crippen molar-refractivity contribution in [2.45, 2.75) is 120 Å². The van der Waals surface area contributed by atoms with Gasteiger partial charge in [-0.05, 0) is 127 Å². The first-order valence-electron chi connectivity index (χ1n) is 26.0. The minimum absolute atomic E-state index is 0.0839. The lowest BCUT2D eigenvalue weighted by Crippen LogP contribution is -2.41. The van der Waals surface area contributed by atoms with Crippen LogP contribution in [-0.2, 0) is 69.5 Å². The highest BCUT2D eigenvalue weighted by atomic mass is 79.9. The van der Waals surface area contributed by atoms with Crippen molar-refractivity contribution in [3.8, 4) is 11.1 Å². The van der Waals surface area contributed by atoms with Crippen molar-refractivity contribution in [1.82, 2.24) is 44.6 Å². The first-order valence-corrected chi connectivity index (χ1v) is 26.8. The molecule has 83 heavy (non-hydrogen) atoms. The van der Waals surface area contributed by atoms with Gasteiger partial charge in [-0.2, -0.15) is 31.4 Å². The van der Waals surface area contributed by atoms with Crippen LogP contribution >= 0.6 is 15.9 Å². The Kier molecular flexibility index (Phi) is 16.8. The summed E-state index contributed by atoms with van der Waals surface area (Å²) in [6, 6.07) is 10.8. The van der Waals surface area contributed by atoms with E-state index < -0.39 is 65.0 Å². The molecule has 0 unspecified atom stereocenters. The molecule has 2 N–H and O–H groups in total. The number of anilines is 2. The quantitative estimate of drug-likeness (QED) is 0.0770. The molecule has 2 aromatic carbocycles. The zero-order chi connectivity index (χ0) is 59.9. The summed E-state index contributed by atoms with van der Waals surface area (Å²) in [6.07, 6.45) is 5.95. The third kappa shape index (κ3) is 13.7. The normalized spacial score (nSPS) is 16.3. The number of amides is 2. The minimum atomic E-state index is -4.45. The molecule has 7 heterocycles. The highest BCUT2D eigenvalue weighted by molar-refractivity contribution is 9.10. The van der Waals surface area contributed by atoms with Crippen LogP contribution < -0.4 is 16.1 Å². The van der Waals surface area contributed by atoms with Crippen LogP contribution in [0.15, 0.2) is 112 Å². The molecule has 8 aromatic rings. The number of aromatic nitrogens is 9. The first kappa shape index (κ1) is 60.0. The Morgan fingerprint density at radius 1 is 0.639 bits per heavy atom. The van der Waals surface area contributed by atoms with E-state index in [4.69, 9.17) is 18.4 Å². The van der Waals surface area contributed by atoms with Gasteiger partial charge in [0.2, 0.25) is 11.8 Å². The number of hydrogen-bond donors (Lipinski definition) is 2. The highest BCUT2D eigenvalue weighted by Gasteiger charge is 2.68. The summed E-state index contributed by atoms with van der Waals surface area (Å²) < 4.78 is 135. The van der Waals surface area contributed by atoms with Crippen molar-refractivity contribution in [2.75, 3.05) is 10.6 Å². The highest BCUT2D eigenvalue weighted by Crippen LogP contribution is 2.60. The van der Waals surface area contributed by atoms with Gasteiger partial charge in [0.15, 0.2) is 23.2 Å². The zero-order valence-corrected chi connectivity index (χ0v) is 47.4. The van der Waals surface area contributed by atoms with E-state index in [1.807, 2.05) is 48.0 Å². The average Bonchev–Trinajstić information content (AvgIpc) is 4.37. The molecule has 17 nitrogen and oxygen atoms in total. The molecule has 6 aromatic heterocycles. The maximum atomic E-state index is 14.7. The van der Waals surface area contributed by atoms with Crippen LogP contribution in [0.3, 0.4) is 0 Å². The number of benzene rings is 2. The van der Waals surface area contributed by atoms with E-state index in [1.54, 1.807) is 47.8 Å². The summed E-state index contributed by atoms with van der Waals surface area (Å²) in [4.78, 5) is 41.8. The van der Waals surface area contributed by atoms with Crippen LogP contribution in [0.1, 0.15) is 104 Å². The van der Waals surface area contributed by atoms with Gasteiger partial charge in [0.05, 0.1) is 34.7 Å². The van der Waals surface area contributed by atoms with Crippen LogP contribution in [0.25, 0.3) is 11.1 Å². The maximum Gasteiger partial charge on any atom is 0.494 e. The second-order valence-electron chi connectivity index (χ2n) is 21.7. The topological polar surface area (TPSA) is 203 Å². The fourth-order valence-corrected chi connectivity index (χ4v) is 9.24. The lowest BCUT2D eigenvalue weighted by atomic mass is 9.78. The number of carbonyl (C=O) groups is 2. The van der Waals surface area contributed by atoms with Crippen LogP contribution in [-0.4, -0.2) is 87.1 Å². The molecule has 3 fully saturated rings. The number of halogens is 9. The van der Waals surface area contributed by atoms with E-state index >= 15 is 0 Å². The zero-order valence-electron chi connectivity index (χ0n) is 45.8. The third-order valence-electron chi connectivity index (χ3n) is 14.9. The lowest BCUT2D eigenvalue weighted by molar-refractivity contribution is -0.166. The van der Waals surface area contributed by atoms with E-state index in [9.17, 15) is 44.7 Å². The predicted octanol–water partition coefficient (Wildman–Crippen LogP) is 10.7. The summed E-state index contributed by atoms with van der Waals surface area (Å²) in [5.41, 5.74) is 0.155. The van der Waals surface area contributed by atoms with E-state index in [1.165, 1.54) is 35.4 Å². The standard InChI is InChI=1S/C24H20F4N6O2.C21H23BF4N2O4.C11H12BrN3/c1-34-13-14(10-31-34)6-20-29-11-17(12-30-20)15-2-3-16(18(25)7-15)8-22(35)32-21-9-19(36-33-21)23(4-5-23)24(26,27)28;1-18(2)19(3,4)32-22(31-18)13-6-5-12(14(23)10-13)9-17(29)27-16-11-15(30-28-16)20(7-8-20)21(24,25)26;1-8-6-15(2)7-9(8)3-11-13-4-10(12)5-14-11/h2-3,7,9-13H,4-6,8H2,1H3,(H,32,33,35);5-6,10-11H,7-9H2,1-4H3,(H,27,28,29);4-7H,3H2,1-2H3. The molecule has 436 valence electrons. The van der Waals surface area contributed by atoms with Gasteiger partial charge in [-0.3, -0.25) is 14.3 Å². The molecule has 1 aliphatic heterocycles. The number of nitrogens with zero attached hydrogens (tertiary/aromatic N) is 9. The van der Waals surface area contributed by atoms with Crippen LogP contribution in [0.4, 0.5) is 46.8 Å². The van der Waals surface area contributed by atoms with Crippen molar-refractivity contribution >= 4 is 52.0 Å². The molecular formula is C56H55BBrF8N11O6. The number of hydrogen-bond acceptors (Lipinski definition) is 13. The summed E-state index contributed by atoms with van der Waals surface area (Å²) >= 11 is 3.32. The van der Waals surface area contributed by atoms with Crippen molar-refractivity contribution < 1.29 is 63.1 Å². The summed E-state index contributed by atoms with van der Waals surface area (Å²) in [5.74, 6) is -2.02. The maximum absolute atomic E-state index is 14.7. The molecule has 2 amide bonds. The first-order chi connectivity index (χ1) is 39.0. The summed E-state index contributed by atoms with van der Waals surface area (Å²) in [5, 5.41) is 15.8. The molecule has 0 atom stereocenters. The Morgan fingerprint density at radius 3 is 1.58 bits per heavy atom. The second kappa shape index (κ2) is 23.2. The molecule has 3 aliphatic rings. The Hall–Kier alpha value is -7.65. The van der Waals surface area contributed by atoms with Crippen LogP contribution in [0.5, 0.6) is 0 Å². The Morgan fingerprint density at radius 2 is 1.13 bits per heavy atom. The Labute approximate surface area is 479 Å². The lowest BCUT2D eigenvalue weighted by Gasteiger charge is -2.32. The van der Waals surface area contributed by atoms with Gasteiger partial charge in [0.1, 0.15) is 34.1 Å². The van der Waals surface area contributed by atoms with Gasteiger partial charge in [-0.1, -0.05) is 34.6 Å². The molecule has 11 rings (SSSR count). The van der Waals surface area contributed by atoms with Gasteiger partial charge in [-0.25, -0.2) is 28.7 Å². The van der Waals surface area contributed by atoms with Gasteiger partial charge in [-0.15, -0.1) is 0 Å². The van der Waals surface area contributed by atoms with Gasteiger partial charge in [0, 0.05) is 88.0 Å². The number of nitrogens with one attached hydrogen (secondary N) is 2. The van der Waals surface area contributed by atoms with Crippen LogP contribution in [0, 0.1) is 18.6 Å². The van der Waals surface area contributed by atoms with E-state index in [0.29, 0.717) is 28.8 Å². The predicted molar refractivity (Wildman–Crippen MR) is 290 cm³/mol. The molecule has 2 aliphatic carbocycles. The molecular weight excluding hydrogens is 1170 g/mol. The summed E-state index contributed by atoms with van der Waals surface area (Å²) in [6.45, 7) is 9.65. The fraction of sp³-hybridized carbons (Fsp3) is 0.375. The average molecular weight is 1220 g/mol. The van der Waals surface area contributed by atoms with E-state index in [0.717, 1.165) is 34.4 Å².